The highest BCUT2D eigenvalue weighted by molar-refractivity contribution is 5.95. The van der Waals surface area contributed by atoms with Gasteiger partial charge < -0.3 is 14.4 Å². The molecule has 2 aromatic carbocycles. The molecule has 3 aromatic rings. The normalized spacial score (nSPS) is 13.0. The number of carbonyl (C=O) groups excluding carboxylic acids is 1. The maximum Gasteiger partial charge on any atom is 0.254 e. The molecule has 0 bridgehead atoms. The molecule has 0 fully saturated rings. The van der Waals surface area contributed by atoms with Crippen LogP contribution in [0.1, 0.15) is 32.6 Å². The molecule has 0 N–H and O–H groups in total. The van der Waals surface area contributed by atoms with Crippen LogP contribution in [0, 0.1) is 13.8 Å². The van der Waals surface area contributed by atoms with Crippen molar-refractivity contribution in [3.8, 4) is 22.8 Å². The van der Waals surface area contributed by atoms with E-state index in [-0.39, 0.29) is 5.91 Å². The van der Waals surface area contributed by atoms with Crippen molar-refractivity contribution in [3.05, 3.63) is 70.4 Å². The van der Waals surface area contributed by atoms with Crippen LogP contribution in [0.25, 0.3) is 11.3 Å². The lowest BCUT2D eigenvalue weighted by Crippen LogP contribution is -2.36. The third-order valence-electron chi connectivity index (χ3n) is 5.74. The molecule has 2 heterocycles. The van der Waals surface area contributed by atoms with Crippen molar-refractivity contribution in [1.82, 2.24) is 15.1 Å². The monoisotopic (exact) mass is 403 g/mol. The second-order valence-electron chi connectivity index (χ2n) is 7.53. The third-order valence-corrected chi connectivity index (χ3v) is 5.74. The van der Waals surface area contributed by atoms with Crippen LogP contribution >= 0.6 is 0 Å². The summed E-state index contributed by atoms with van der Waals surface area (Å²) in [5.74, 6) is 1.41. The van der Waals surface area contributed by atoms with E-state index >= 15 is 0 Å². The quantitative estimate of drug-likeness (QED) is 0.659. The molecule has 0 radical (unpaired) electrons. The Hall–Kier alpha value is -3.41. The van der Waals surface area contributed by atoms with Crippen molar-refractivity contribution in [1.29, 1.82) is 0 Å². The molecule has 6 nitrogen and oxygen atoms in total. The van der Waals surface area contributed by atoms with Crippen LogP contribution in [0.5, 0.6) is 11.5 Å². The van der Waals surface area contributed by atoms with Crippen LogP contribution in [0.4, 0.5) is 0 Å². The highest BCUT2D eigenvalue weighted by atomic mass is 16.5. The Labute approximate surface area is 176 Å². The van der Waals surface area contributed by atoms with Crippen LogP contribution in [0.2, 0.25) is 0 Å². The Kier molecular flexibility index (Phi) is 5.40. The minimum absolute atomic E-state index is 0.00977. The molecule has 0 aliphatic carbocycles. The van der Waals surface area contributed by atoms with Crippen molar-refractivity contribution >= 4 is 5.91 Å². The first kappa shape index (κ1) is 19.9. The zero-order valence-corrected chi connectivity index (χ0v) is 17.7. The van der Waals surface area contributed by atoms with E-state index in [0.29, 0.717) is 24.4 Å². The van der Waals surface area contributed by atoms with Gasteiger partial charge in [-0.2, -0.15) is 10.2 Å². The Balaban J connectivity index is 1.61. The molecule has 154 valence electrons. The van der Waals surface area contributed by atoms with Crippen molar-refractivity contribution in [2.45, 2.75) is 26.8 Å². The highest BCUT2D eigenvalue weighted by Gasteiger charge is 2.24. The lowest BCUT2D eigenvalue weighted by Gasteiger charge is -2.30. The van der Waals surface area contributed by atoms with Crippen LogP contribution in [0.15, 0.2) is 42.6 Å². The first-order chi connectivity index (χ1) is 14.5. The van der Waals surface area contributed by atoms with Crippen molar-refractivity contribution in [2.75, 3.05) is 20.8 Å². The second-order valence-corrected chi connectivity index (χ2v) is 7.53. The molecular formula is C24H25N3O3. The third kappa shape index (κ3) is 3.61. The van der Waals surface area contributed by atoms with Gasteiger partial charge in [0.05, 0.1) is 26.1 Å². The molecule has 0 saturated heterocycles. The summed E-state index contributed by atoms with van der Waals surface area (Å²) in [6, 6.07) is 11.6. The van der Waals surface area contributed by atoms with Crippen molar-refractivity contribution in [2.24, 2.45) is 0 Å². The van der Waals surface area contributed by atoms with E-state index in [9.17, 15) is 4.79 Å². The molecule has 4 rings (SSSR count). The molecule has 6 heteroatoms. The number of fused-ring (bicyclic) bond motifs is 1. The summed E-state index contributed by atoms with van der Waals surface area (Å²) in [5, 5.41) is 8.36. The summed E-state index contributed by atoms with van der Waals surface area (Å²) in [6.45, 7) is 5.24. The topological polar surface area (TPSA) is 64.6 Å². The Morgan fingerprint density at radius 1 is 1.03 bits per heavy atom. The highest BCUT2D eigenvalue weighted by Crippen LogP contribution is 2.33. The van der Waals surface area contributed by atoms with E-state index in [1.165, 1.54) is 5.56 Å². The summed E-state index contributed by atoms with van der Waals surface area (Å²) in [7, 11) is 3.26. The van der Waals surface area contributed by atoms with Crippen LogP contribution < -0.4 is 9.47 Å². The van der Waals surface area contributed by atoms with Gasteiger partial charge in [-0.3, -0.25) is 4.79 Å². The van der Waals surface area contributed by atoms with E-state index in [1.54, 1.807) is 20.4 Å². The number of rotatable bonds is 4. The number of amides is 1. The van der Waals surface area contributed by atoms with Gasteiger partial charge in [0.15, 0.2) is 11.5 Å². The standard InChI is InChI=1S/C24H25N3O3/c1-15-13-25-26-23(16(15)2)18-6-5-7-19(10-18)24(28)27-9-8-17-11-21(29-3)22(30-4)12-20(17)14-27/h5-7,10-13H,8-9,14H2,1-4H3. The van der Waals surface area contributed by atoms with E-state index in [0.717, 1.165) is 40.1 Å². The molecule has 30 heavy (non-hydrogen) atoms. The second kappa shape index (κ2) is 8.14. The van der Waals surface area contributed by atoms with Crippen LogP contribution in [-0.2, 0) is 13.0 Å². The summed E-state index contributed by atoms with van der Waals surface area (Å²) in [5.41, 5.74) is 6.79. The van der Waals surface area contributed by atoms with Crippen molar-refractivity contribution < 1.29 is 14.3 Å². The Morgan fingerprint density at radius 2 is 1.77 bits per heavy atom. The van der Waals surface area contributed by atoms with Gasteiger partial charge in [0.25, 0.3) is 5.91 Å². The van der Waals surface area contributed by atoms with E-state index in [4.69, 9.17) is 9.47 Å². The van der Waals surface area contributed by atoms with E-state index < -0.39 is 0 Å². The number of hydrogen-bond acceptors (Lipinski definition) is 5. The molecule has 1 amide bonds. The van der Waals surface area contributed by atoms with Crippen LogP contribution in [0.3, 0.4) is 0 Å². The maximum atomic E-state index is 13.3. The molecule has 1 aliphatic heterocycles. The van der Waals surface area contributed by atoms with Crippen molar-refractivity contribution in [3.63, 3.8) is 0 Å². The maximum absolute atomic E-state index is 13.3. The largest absolute Gasteiger partial charge is 0.493 e. The first-order valence-electron chi connectivity index (χ1n) is 9.94. The number of ether oxygens (including phenoxy) is 2. The number of hydrogen-bond donors (Lipinski definition) is 0. The number of methoxy groups -OCH3 is 2. The Morgan fingerprint density at radius 3 is 2.50 bits per heavy atom. The molecule has 0 unspecified atom stereocenters. The first-order valence-corrected chi connectivity index (χ1v) is 9.94. The summed E-state index contributed by atoms with van der Waals surface area (Å²) < 4.78 is 10.8. The predicted molar refractivity (Wildman–Crippen MR) is 115 cm³/mol. The average Bonchev–Trinajstić information content (AvgIpc) is 2.79. The summed E-state index contributed by atoms with van der Waals surface area (Å²) in [4.78, 5) is 15.1. The number of aryl methyl sites for hydroxylation is 1. The molecule has 1 aliphatic rings. The fourth-order valence-electron chi connectivity index (χ4n) is 3.84. The van der Waals surface area contributed by atoms with Gasteiger partial charge in [0.2, 0.25) is 0 Å². The van der Waals surface area contributed by atoms with Gasteiger partial charge in [0.1, 0.15) is 0 Å². The Bertz CT molecular complexity index is 1110. The summed E-state index contributed by atoms with van der Waals surface area (Å²) >= 11 is 0. The zero-order chi connectivity index (χ0) is 21.3. The van der Waals surface area contributed by atoms with Gasteiger partial charge in [-0.15, -0.1) is 0 Å². The van der Waals surface area contributed by atoms with Crippen LogP contribution in [-0.4, -0.2) is 41.8 Å². The lowest BCUT2D eigenvalue weighted by atomic mass is 9.97. The lowest BCUT2D eigenvalue weighted by molar-refractivity contribution is 0.0734. The summed E-state index contributed by atoms with van der Waals surface area (Å²) in [6.07, 6.45) is 2.53. The molecule has 0 saturated carbocycles. The molecule has 1 aromatic heterocycles. The molecule has 0 atom stereocenters. The van der Waals surface area contributed by atoms with Gasteiger partial charge in [-0.05, 0) is 66.8 Å². The van der Waals surface area contributed by atoms with E-state index in [2.05, 4.69) is 10.2 Å². The van der Waals surface area contributed by atoms with Gasteiger partial charge in [-0.1, -0.05) is 12.1 Å². The van der Waals surface area contributed by atoms with Gasteiger partial charge in [-0.25, -0.2) is 0 Å². The molecule has 0 spiro atoms. The SMILES string of the molecule is COc1cc2c(cc1OC)CN(C(=O)c1cccc(-c3nncc(C)c3C)c1)CC2. The van der Waals surface area contributed by atoms with Gasteiger partial charge >= 0.3 is 0 Å². The number of nitrogens with zero attached hydrogens (tertiary/aromatic N) is 3. The fraction of sp³-hybridized carbons (Fsp3) is 0.292. The molecular weight excluding hydrogens is 378 g/mol. The average molecular weight is 403 g/mol. The fourth-order valence-corrected chi connectivity index (χ4v) is 3.84. The van der Waals surface area contributed by atoms with Gasteiger partial charge in [0, 0.05) is 24.2 Å². The van der Waals surface area contributed by atoms with E-state index in [1.807, 2.05) is 55.1 Å². The predicted octanol–water partition coefficient (Wildman–Crippen LogP) is 3.98. The minimum Gasteiger partial charge on any atom is -0.493 e. The number of carbonyl (C=O) groups is 1. The number of aromatic nitrogens is 2. The zero-order valence-electron chi connectivity index (χ0n) is 17.7. The minimum atomic E-state index is 0.00977. The number of benzene rings is 2. The smallest absolute Gasteiger partial charge is 0.254 e.